The summed E-state index contributed by atoms with van der Waals surface area (Å²) in [7, 11) is 0. The van der Waals surface area contributed by atoms with Crippen LogP contribution in [0.3, 0.4) is 0 Å². The summed E-state index contributed by atoms with van der Waals surface area (Å²) in [4.78, 5) is 23.8. The molecule has 0 bridgehead atoms. The summed E-state index contributed by atoms with van der Waals surface area (Å²) in [5.74, 6) is -0.203. The van der Waals surface area contributed by atoms with Crippen molar-refractivity contribution < 1.29 is 19.6 Å². The van der Waals surface area contributed by atoms with Gasteiger partial charge in [-0.3, -0.25) is 0 Å². The number of unbranched alkanes of at least 4 members (excludes halogenated alkanes) is 3. The first-order valence-corrected chi connectivity index (χ1v) is 10.7. The van der Waals surface area contributed by atoms with E-state index in [0.717, 1.165) is 32.1 Å². The lowest BCUT2D eigenvalue weighted by atomic mass is 9.95. The van der Waals surface area contributed by atoms with Crippen LogP contribution < -0.4 is 0 Å². The zero-order valence-corrected chi connectivity index (χ0v) is 19.2. The lowest BCUT2D eigenvalue weighted by molar-refractivity contribution is -0.550. The Labute approximate surface area is 163 Å². The van der Waals surface area contributed by atoms with Gasteiger partial charge in [0.25, 0.3) is 0 Å². The second-order valence-electron chi connectivity index (χ2n) is 9.32. The molecule has 0 radical (unpaired) electrons. The summed E-state index contributed by atoms with van der Waals surface area (Å²) < 4.78 is 0. The van der Waals surface area contributed by atoms with Crippen molar-refractivity contribution in [1.82, 2.24) is 0 Å². The highest BCUT2D eigenvalue weighted by molar-refractivity contribution is 4.74. The molecule has 0 N–H and O–H groups in total. The number of hydrogen-bond donors (Lipinski definition) is 0. The van der Waals surface area contributed by atoms with Gasteiger partial charge >= 0.3 is 0 Å². The molecule has 158 valence electrons. The maximum atomic E-state index is 6.00. The standard InChI is InChI=1S/C22H46O4/c1-11-13-14-15-17-22(16-12-2,25-23-20(7,8)18(3)4)26-24-21(9,10)19(5)6/h18-19H,11-17H2,1-10H3. The normalized spacial score (nSPS) is 13.8. The smallest absolute Gasteiger partial charge is 0.227 e. The van der Waals surface area contributed by atoms with Crippen molar-refractivity contribution in [2.45, 2.75) is 131 Å². The van der Waals surface area contributed by atoms with Gasteiger partial charge in [0.2, 0.25) is 5.79 Å². The van der Waals surface area contributed by atoms with Crippen LogP contribution >= 0.6 is 0 Å². The molecule has 26 heavy (non-hydrogen) atoms. The minimum Gasteiger partial charge on any atom is -0.227 e. The van der Waals surface area contributed by atoms with E-state index in [1.165, 1.54) is 12.8 Å². The van der Waals surface area contributed by atoms with Crippen molar-refractivity contribution in [2.75, 3.05) is 0 Å². The summed E-state index contributed by atoms with van der Waals surface area (Å²) >= 11 is 0. The van der Waals surface area contributed by atoms with E-state index in [4.69, 9.17) is 19.6 Å². The van der Waals surface area contributed by atoms with Crippen LogP contribution in [0.15, 0.2) is 0 Å². The van der Waals surface area contributed by atoms with E-state index in [9.17, 15) is 0 Å². The summed E-state index contributed by atoms with van der Waals surface area (Å²) in [5, 5.41) is 0. The van der Waals surface area contributed by atoms with Crippen molar-refractivity contribution >= 4 is 0 Å². The molecule has 0 heterocycles. The summed E-state index contributed by atoms with van der Waals surface area (Å²) in [6, 6.07) is 0. The molecule has 0 aliphatic carbocycles. The van der Waals surface area contributed by atoms with E-state index in [1.54, 1.807) is 0 Å². The first kappa shape index (κ1) is 25.8. The highest BCUT2D eigenvalue weighted by atomic mass is 17.3. The number of rotatable bonds is 15. The van der Waals surface area contributed by atoms with Gasteiger partial charge in [0.15, 0.2) is 0 Å². The second kappa shape index (κ2) is 11.6. The molecule has 0 fully saturated rings. The minimum absolute atomic E-state index is 0.329. The van der Waals surface area contributed by atoms with Crippen LogP contribution in [0.4, 0.5) is 0 Å². The van der Waals surface area contributed by atoms with E-state index < -0.39 is 5.79 Å². The van der Waals surface area contributed by atoms with Crippen LogP contribution in [-0.4, -0.2) is 17.0 Å². The Morgan fingerprint density at radius 2 is 1.04 bits per heavy atom. The molecule has 0 atom stereocenters. The predicted molar refractivity (Wildman–Crippen MR) is 109 cm³/mol. The van der Waals surface area contributed by atoms with Crippen LogP contribution in [0.2, 0.25) is 0 Å². The maximum absolute atomic E-state index is 6.00. The van der Waals surface area contributed by atoms with Crippen molar-refractivity contribution in [1.29, 1.82) is 0 Å². The molecule has 0 aliphatic rings. The Morgan fingerprint density at radius 1 is 0.577 bits per heavy atom. The molecular formula is C22H46O4. The van der Waals surface area contributed by atoms with Gasteiger partial charge in [-0.15, -0.1) is 0 Å². The van der Waals surface area contributed by atoms with Crippen LogP contribution in [0, 0.1) is 11.8 Å². The highest BCUT2D eigenvalue weighted by Gasteiger charge is 2.40. The maximum Gasteiger partial charge on any atom is 0.234 e. The van der Waals surface area contributed by atoms with E-state index in [0.29, 0.717) is 11.8 Å². The minimum atomic E-state index is -0.860. The van der Waals surface area contributed by atoms with E-state index in [-0.39, 0.29) is 11.2 Å². The fraction of sp³-hybridized carbons (Fsp3) is 1.00. The van der Waals surface area contributed by atoms with Gasteiger partial charge in [-0.25, -0.2) is 9.78 Å². The summed E-state index contributed by atoms with van der Waals surface area (Å²) in [6.07, 6.45) is 7.06. The summed E-state index contributed by atoms with van der Waals surface area (Å²) in [5.41, 5.74) is -0.779. The van der Waals surface area contributed by atoms with Gasteiger partial charge in [0, 0.05) is 12.8 Å². The zero-order valence-electron chi connectivity index (χ0n) is 19.2. The van der Waals surface area contributed by atoms with Crippen molar-refractivity contribution in [3.8, 4) is 0 Å². The third-order valence-electron chi connectivity index (χ3n) is 5.64. The van der Waals surface area contributed by atoms with Crippen molar-refractivity contribution in [3.63, 3.8) is 0 Å². The molecule has 0 rings (SSSR count). The molecule has 0 unspecified atom stereocenters. The Balaban J connectivity index is 5.21. The Hall–Kier alpha value is -0.160. The van der Waals surface area contributed by atoms with Gasteiger partial charge in [-0.05, 0) is 46.0 Å². The van der Waals surface area contributed by atoms with Gasteiger partial charge in [-0.1, -0.05) is 67.2 Å². The average Bonchev–Trinajstić information content (AvgIpc) is 2.55. The molecule has 0 saturated heterocycles. The SMILES string of the molecule is CCCCCCC(CCC)(OOC(C)(C)C(C)C)OOC(C)(C)C(C)C. The van der Waals surface area contributed by atoms with Crippen LogP contribution in [0.25, 0.3) is 0 Å². The molecule has 0 amide bonds. The Bertz CT molecular complexity index is 337. The zero-order chi connectivity index (χ0) is 20.4. The van der Waals surface area contributed by atoms with E-state index >= 15 is 0 Å². The third kappa shape index (κ3) is 9.16. The second-order valence-corrected chi connectivity index (χ2v) is 9.32. The Morgan fingerprint density at radius 3 is 1.38 bits per heavy atom. The average molecular weight is 375 g/mol. The summed E-state index contributed by atoms with van der Waals surface area (Å²) in [6.45, 7) is 21.1. The third-order valence-corrected chi connectivity index (χ3v) is 5.64. The largest absolute Gasteiger partial charge is 0.234 e. The first-order chi connectivity index (χ1) is 11.9. The van der Waals surface area contributed by atoms with E-state index in [2.05, 4.69) is 41.5 Å². The molecule has 0 aromatic heterocycles. The molecule has 0 aromatic rings. The highest BCUT2D eigenvalue weighted by Crippen LogP contribution is 2.34. The Kier molecular flexibility index (Phi) is 11.6. The molecule has 0 aliphatic heterocycles. The predicted octanol–water partition coefficient (Wildman–Crippen LogP) is 7.22. The van der Waals surface area contributed by atoms with Crippen molar-refractivity contribution in [3.05, 3.63) is 0 Å². The topological polar surface area (TPSA) is 36.9 Å². The fourth-order valence-electron chi connectivity index (χ4n) is 2.07. The molecule has 0 saturated carbocycles. The molecule has 4 heteroatoms. The molecule has 0 aromatic carbocycles. The van der Waals surface area contributed by atoms with E-state index in [1.807, 2.05) is 27.7 Å². The monoisotopic (exact) mass is 374 g/mol. The lowest BCUT2D eigenvalue weighted by Gasteiger charge is -2.38. The molecule has 0 spiro atoms. The van der Waals surface area contributed by atoms with Gasteiger partial charge in [0.1, 0.15) is 11.2 Å². The quantitative estimate of drug-likeness (QED) is 0.131. The van der Waals surface area contributed by atoms with Crippen molar-refractivity contribution in [2.24, 2.45) is 11.8 Å². The lowest BCUT2D eigenvalue weighted by Crippen LogP contribution is -2.44. The molecular weight excluding hydrogens is 328 g/mol. The van der Waals surface area contributed by atoms with Crippen LogP contribution in [-0.2, 0) is 19.6 Å². The fourth-order valence-corrected chi connectivity index (χ4v) is 2.07. The van der Waals surface area contributed by atoms with Gasteiger partial charge in [-0.2, -0.15) is 9.78 Å². The molecule has 4 nitrogen and oxygen atoms in total. The van der Waals surface area contributed by atoms with Crippen LogP contribution in [0.1, 0.15) is 114 Å². The number of hydrogen-bond acceptors (Lipinski definition) is 4. The van der Waals surface area contributed by atoms with Gasteiger partial charge < -0.3 is 0 Å². The van der Waals surface area contributed by atoms with Crippen LogP contribution in [0.5, 0.6) is 0 Å². The first-order valence-electron chi connectivity index (χ1n) is 10.7. The van der Waals surface area contributed by atoms with Gasteiger partial charge in [0.05, 0.1) is 0 Å².